The summed E-state index contributed by atoms with van der Waals surface area (Å²) in [6.07, 6.45) is 1.68. The van der Waals surface area contributed by atoms with Gasteiger partial charge in [0.1, 0.15) is 0 Å². The van der Waals surface area contributed by atoms with Crippen molar-refractivity contribution < 1.29 is 9.66 Å². The zero-order valence-corrected chi connectivity index (χ0v) is 19.0. The Hall–Kier alpha value is -3.39. The van der Waals surface area contributed by atoms with Crippen LogP contribution in [0.3, 0.4) is 0 Å². The van der Waals surface area contributed by atoms with Gasteiger partial charge in [-0.05, 0) is 52.4 Å². The maximum atomic E-state index is 10.9. The maximum absolute atomic E-state index is 10.9. The highest BCUT2D eigenvalue weighted by Gasteiger charge is 2.17. The number of nitro benzene ring substituents is 1. The lowest BCUT2D eigenvalue weighted by Crippen LogP contribution is -2.37. The number of anilines is 4. The second-order valence-corrected chi connectivity index (χ2v) is 7.98. The lowest BCUT2D eigenvalue weighted by molar-refractivity contribution is -0.384. The molecule has 0 amide bonds. The van der Waals surface area contributed by atoms with Crippen molar-refractivity contribution in [3.63, 3.8) is 0 Å². The molecule has 11 nitrogen and oxygen atoms in total. The third-order valence-electron chi connectivity index (χ3n) is 4.48. The van der Waals surface area contributed by atoms with Crippen LogP contribution in [0.5, 0.6) is 0 Å². The van der Waals surface area contributed by atoms with Gasteiger partial charge in [-0.2, -0.15) is 20.1 Å². The van der Waals surface area contributed by atoms with E-state index in [1.807, 2.05) is 29.2 Å². The summed E-state index contributed by atoms with van der Waals surface area (Å²) in [7, 11) is 0. The van der Waals surface area contributed by atoms with E-state index < -0.39 is 4.92 Å². The smallest absolute Gasteiger partial charge is 0.269 e. The number of halogens is 1. The second kappa shape index (κ2) is 10.3. The Labute approximate surface area is 197 Å². The van der Waals surface area contributed by atoms with E-state index in [2.05, 4.69) is 53.4 Å². The Morgan fingerprint density at radius 1 is 1.09 bits per heavy atom. The Bertz CT molecular complexity index is 1120. The number of hydrazone groups is 1. The van der Waals surface area contributed by atoms with Gasteiger partial charge in [-0.25, -0.2) is 5.43 Å². The van der Waals surface area contributed by atoms with Gasteiger partial charge in [0.2, 0.25) is 17.8 Å². The number of aromatic nitrogens is 3. The number of non-ortho nitro benzene ring substituents is 1. The van der Waals surface area contributed by atoms with Crippen LogP contribution in [0.15, 0.2) is 53.6 Å². The van der Waals surface area contributed by atoms with Crippen LogP contribution in [0.2, 0.25) is 0 Å². The van der Waals surface area contributed by atoms with Crippen LogP contribution in [-0.4, -0.2) is 52.4 Å². The summed E-state index contributed by atoms with van der Waals surface area (Å²) in [6, 6.07) is 13.9. The summed E-state index contributed by atoms with van der Waals surface area (Å²) in [5, 5.41) is 18.2. The molecule has 0 unspecified atom stereocenters. The molecule has 3 aromatic rings. The van der Waals surface area contributed by atoms with Crippen molar-refractivity contribution in [1.82, 2.24) is 15.0 Å². The van der Waals surface area contributed by atoms with Crippen molar-refractivity contribution in [2.45, 2.75) is 0 Å². The van der Waals surface area contributed by atoms with Crippen LogP contribution in [-0.2, 0) is 4.74 Å². The molecule has 0 aliphatic carbocycles. The van der Waals surface area contributed by atoms with E-state index in [0.717, 1.165) is 9.13 Å². The molecule has 32 heavy (non-hydrogen) atoms. The van der Waals surface area contributed by atoms with E-state index in [1.165, 1.54) is 12.1 Å². The number of nitrogens with one attached hydrogen (secondary N) is 2. The normalized spacial score (nSPS) is 13.8. The van der Waals surface area contributed by atoms with E-state index in [1.54, 1.807) is 18.3 Å². The predicted molar refractivity (Wildman–Crippen MR) is 130 cm³/mol. The first-order valence-electron chi connectivity index (χ1n) is 9.72. The van der Waals surface area contributed by atoms with Crippen molar-refractivity contribution >= 4 is 58.0 Å². The molecule has 164 valence electrons. The first-order valence-corrected chi connectivity index (χ1v) is 10.8. The van der Waals surface area contributed by atoms with Crippen molar-refractivity contribution in [3.8, 4) is 0 Å². The van der Waals surface area contributed by atoms with Crippen LogP contribution >= 0.6 is 22.6 Å². The minimum absolute atomic E-state index is 0.00691. The van der Waals surface area contributed by atoms with Crippen LogP contribution in [0.1, 0.15) is 5.56 Å². The lowest BCUT2D eigenvalue weighted by atomic mass is 10.2. The second-order valence-electron chi connectivity index (χ2n) is 6.74. The fraction of sp³-hybridized carbons (Fsp3) is 0.200. The summed E-state index contributed by atoms with van der Waals surface area (Å²) in [5.74, 6) is 1.05. The summed E-state index contributed by atoms with van der Waals surface area (Å²) in [6.45, 7) is 2.49. The molecule has 1 aliphatic rings. The molecule has 0 atom stereocenters. The Kier molecular flexibility index (Phi) is 7.01. The summed E-state index contributed by atoms with van der Waals surface area (Å²) in [5.41, 5.74) is 4.42. The van der Waals surface area contributed by atoms with Gasteiger partial charge in [-0.1, -0.05) is 12.1 Å². The maximum Gasteiger partial charge on any atom is 0.269 e. The van der Waals surface area contributed by atoms with Crippen LogP contribution < -0.4 is 15.6 Å². The molecule has 4 rings (SSSR count). The van der Waals surface area contributed by atoms with E-state index in [4.69, 9.17) is 4.74 Å². The molecular formula is C20H19IN8O3. The third kappa shape index (κ3) is 5.85. The van der Waals surface area contributed by atoms with Crippen LogP contribution in [0.4, 0.5) is 29.2 Å². The highest BCUT2D eigenvalue weighted by atomic mass is 127. The zero-order valence-electron chi connectivity index (χ0n) is 16.8. The number of hydrogen-bond acceptors (Lipinski definition) is 10. The fourth-order valence-corrected chi connectivity index (χ4v) is 3.49. The van der Waals surface area contributed by atoms with Gasteiger partial charge >= 0.3 is 0 Å². The minimum atomic E-state index is -0.447. The number of benzene rings is 2. The van der Waals surface area contributed by atoms with Gasteiger partial charge in [-0.3, -0.25) is 10.1 Å². The summed E-state index contributed by atoms with van der Waals surface area (Å²) >= 11 is 2.24. The first kappa shape index (κ1) is 21.8. The number of hydrogen-bond donors (Lipinski definition) is 2. The molecule has 1 fully saturated rings. The molecule has 2 aromatic carbocycles. The summed E-state index contributed by atoms with van der Waals surface area (Å²) < 4.78 is 6.52. The van der Waals surface area contributed by atoms with E-state index in [0.29, 0.717) is 43.9 Å². The van der Waals surface area contributed by atoms with Crippen LogP contribution in [0.25, 0.3) is 0 Å². The lowest BCUT2D eigenvalue weighted by Gasteiger charge is -2.27. The largest absolute Gasteiger partial charge is 0.378 e. The minimum Gasteiger partial charge on any atom is -0.378 e. The van der Waals surface area contributed by atoms with Gasteiger partial charge in [0.05, 0.1) is 24.4 Å². The van der Waals surface area contributed by atoms with Crippen molar-refractivity contribution in [2.75, 3.05) is 41.9 Å². The third-order valence-corrected chi connectivity index (χ3v) is 5.15. The molecule has 2 heterocycles. The standard InChI is InChI=1S/C20H19IN8O3/c21-15-3-1-2-14(12-15)13-22-27-19-24-18(23-16-4-6-17(7-5-16)29(30)31)25-20(26-19)28-8-10-32-11-9-28/h1-7,12-13H,8-11H2,(H2,23,24,25,26,27)/b22-13-. The quantitative estimate of drug-likeness (QED) is 0.198. The van der Waals surface area contributed by atoms with Gasteiger partial charge in [0.15, 0.2) is 0 Å². The molecule has 1 saturated heterocycles. The number of morpholine rings is 1. The van der Waals surface area contributed by atoms with Crippen LogP contribution in [0, 0.1) is 13.7 Å². The average Bonchev–Trinajstić information content (AvgIpc) is 2.80. The molecule has 0 spiro atoms. The molecule has 0 radical (unpaired) electrons. The molecule has 2 N–H and O–H groups in total. The molecule has 0 saturated carbocycles. The van der Waals surface area contributed by atoms with E-state index >= 15 is 0 Å². The molecular weight excluding hydrogens is 527 g/mol. The van der Waals surface area contributed by atoms with Crippen molar-refractivity contribution in [3.05, 3.63) is 67.8 Å². The van der Waals surface area contributed by atoms with Gasteiger partial charge in [0.25, 0.3) is 5.69 Å². The fourth-order valence-electron chi connectivity index (χ4n) is 2.92. The molecule has 12 heteroatoms. The number of rotatable bonds is 7. The number of ether oxygens (including phenoxy) is 1. The first-order chi connectivity index (χ1) is 15.6. The Balaban J connectivity index is 1.56. The summed E-state index contributed by atoms with van der Waals surface area (Å²) in [4.78, 5) is 25.8. The van der Waals surface area contributed by atoms with Crippen molar-refractivity contribution in [1.29, 1.82) is 0 Å². The highest BCUT2D eigenvalue weighted by molar-refractivity contribution is 14.1. The number of nitro groups is 1. The Morgan fingerprint density at radius 2 is 1.84 bits per heavy atom. The highest BCUT2D eigenvalue weighted by Crippen LogP contribution is 2.21. The molecule has 1 aromatic heterocycles. The monoisotopic (exact) mass is 546 g/mol. The van der Waals surface area contributed by atoms with Gasteiger partial charge in [-0.15, -0.1) is 0 Å². The topological polar surface area (TPSA) is 131 Å². The molecule has 1 aliphatic heterocycles. The molecule has 0 bridgehead atoms. The zero-order chi connectivity index (χ0) is 22.3. The van der Waals surface area contributed by atoms with Gasteiger partial charge < -0.3 is 15.0 Å². The SMILES string of the molecule is O=[N+]([O-])c1ccc(Nc2nc(N/N=C\c3cccc(I)c3)nc(N3CCOCC3)n2)cc1. The Morgan fingerprint density at radius 3 is 2.56 bits per heavy atom. The van der Waals surface area contributed by atoms with Crippen molar-refractivity contribution in [2.24, 2.45) is 5.10 Å². The predicted octanol–water partition coefficient (Wildman–Crippen LogP) is 3.41. The number of nitrogens with zero attached hydrogens (tertiary/aromatic N) is 6. The van der Waals surface area contributed by atoms with E-state index in [-0.39, 0.29) is 11.6 Å². The van der Waals surface area contributed by atoms with E-state index in [9.17, 15) is 10.1 Å². The van der Waals surface area contributed by atoms with Gasteiger partial charge in [0, 0.05) is 34.5 Å². The average molecular weight is 546 g/mol.